The van der Waals surface area contributed by atoms with E-state index >= 15 is 0 Å². The Balaban J connectivity index is 2.56. The van der Waals surface area contributed by atoms with Crippen LogP contribution in [0, 0.1) is 0 Å². The zero-order valence-electron chi connectivity index (χ0n) is 10.3. The molecule has 0 radical (unpaired) electrons. The van der Waals surface area contributed by atoms with E-state index in [1.54, 1.807) is 11.8 Å². The maximum Gasteiger partial charge on any atom is 0.119 e. The normalized spacial score (nSPS) is 12.4. The van der Waals surface area contributed by atoms with E-state index in [0.29, 0.717) is 6.04 Å². The second kappa shape index (κ2) is 7.58. The molecule has 2 nitrogen and oxygen atoms in total. The number of ether oxygens (including phenoxy) is 1. The van der Waals surface area contributed by atoms with Gasteiger partial charge in [-0.1, -0.05) is 19.1 Å². The Hall–Kier alpha value is -0.670. The number of benzene rings is 1. The molecule has 1 rings (SSSR count). The fraction of sp³-hybridized carbons (Fsp3) is 0.538. The van der Waals surface area contributed by atoms with E-state index in [-0.39, 0.29) is 0 Å². The molecule has 1 N–H and O–H groups in total. The summed E-state index contributed by atoms with van der Waals surface area (Å²) < 4.78 is 5.67. The molecule has 0 heterocycles. The number of thioether (sulfide) groups is 1. The monoisotopic (exact) mass is 239 g/mol. The number of rotatable bonds is 7. The molecule has 90 valence electrons. The highest BCUT2D eigenvalue weighted by atomic mass is 32.2. The van der Waals surface area contributed by atoms with Crippen LogP contribution in [0.4, 0.5) is 0 Å². The van der Waals surface area contributed by atoms with Crippen LogP contribution in [0.3, 0.4) is 0 Å². The SMILES string of the molecule is CCNC(C)c1cccc(OCCSC)c1. The quantitative estimate of drug-likeness (QED) is 0.739. The summed E-state index contributed by atoms with van der Waals surface area (Å²) in [6.45, 7) is 6.05. The van der Waals surface area contributed by atoms with E-state index < -0.39 is 0 Å². The Labute approximate surface area is 103 Å². The molecular weight excluding hydrogens is 218 g/mol. The minimum absolute atomic E-state index is 0.383. The summed E-state index contributed by atoms with van der Waals surface area (Å²) in [6, 6.07) is 8.71. The molecule has 16 heavy (non-hydrogen) atoms. The fourth-order valence-electron chi connectivity index (χ4n) is 1.54. The van der Waals surface area contributed by atoms with Gasteiger partial charge in [0.1, 0.15) is 5.75 Å². The lowest BCUT2D eigenvalue weighted by atomic mass is 10.1. The Bertz CT molecular complexity index is 304. The Kier molecular flexibility index (Phi) is 6.34. The molecule has 0 spiro atoms. The first kappa shape index (κ1) is 13.4. The highest BCUT2D eigenvalue weighted by molar-refractivity contribution is 7.98. The summed E-state index contributed by atoms with van der Waals surface area (Å²) in [4.78, 5) is 0. The smallest absolute Gasteiger partial charge is 0.119 e. The largest absolute Gasteiger partial charge is 0.493 e. The van der Waals surface area contributed by atoms with Gasteiger partial charge in [-0.15, -0.1) is 0 Å². The molecule has 0 saturated heterocycles. The van der Waals surface area contributed by atoms with Crippen molar-refractivity contribution in [2.24, 2.45) is 0 Å². The first-order valence-corrected chi connectivity index (χ1v) is 7.12. The molecule has 1 aromatic rings. The first-order valence-electron chi connectivity index (χ1n) is 5.73. The predicted molar refractivity (Wildman–Crippen MR) is 72.4 cm³/mol. The molecule has 0 aliphatic carbocycles. The van der Waals surface area contributed by atoms with E-state index in [4.69, 9.17) is 4.74 Å². The Morgan fingerprint density at radius 1 is 1.44 bits per heavy atom. The summed E-state index contributed by atoms with van der Waals surface area (Å²) >= 11 is 1.80. The van der Waals surface area contributed by atoms with Gasteiger partial charge in [0.25, 0.3) is 0 Å². The Morgan fingerprint density at radius 3 is 2.94 bits per heavy atom. The van der Waals surface area contributed by atoms with Gasteiger partial charge >= 0.3 is 0 Å². The molecule has 0 aliphatic heterocycles. The topological polar surface area (TPSA) is 21.3 Å². The highest BCUT2D eigenvalue weighted by Crippen LogP contribution is 2.19. The van der Waals surface area contributed by atoms with Crippen molar-refractivity contribution in [2.45, 2.75) is 19.9 Å². The highest BCUT2D eigenvalue weighted by Gasteiger charge is 2.04. The van der Waals surface area contributed by atoms with Gasteiger partial charge in [-0.3, -0.25) is 0 Å². The molecule has 0 amide bonds. The van der Waals surface area contributed by atoms with Crippen LogP contribution in [0.1, 0.15) is 25.5 Å². The summed E-state index contributed by atoms with van der Waals surface area (Å²) in [7, 11) is 0. The summed E-state index contributed by atoms with van der Waals surface area (Å²) in [5, 5.41) is 3.40. The summed E-state index contributed by atoms with van der Waals surface area (Å²) in [5.74, 6) is 2.00. The van der Waals surface area contributed by atoms with Gasteiger partial charge in [0.2, 0.25) is 0 Å². The van der Waals surface area contributed by atoms with Crippen molar-refractivity contribution in [1.29, 1.82) is 0 Å². The number of nitrogens with one attached hydrogen (secondary N) is 1. The van der Waals surface area contributed by atoms with Gasteiger partial charge in [0, 0.05) is 11.8 Å². The van der Waals surface area contributed by atoms with Crippen LogP contribution < -0.4 is 10.1 Å². The van der Waals surface area contributed by atoms with Gasteiger partial charge in [0.05, 0.1) is 6.61 Å². The second-order valence-electron chi connectivity index (χ2n) is 3.69. The molecular formula is C13H21NOS. The average Bonchev–Trinajstić information content (AvgIpc) is 2.30. The van der Waals surface area contributed by atoms with E-state index in [2.05, 4.69) is 43.6 Å². The van der Waals surface area contributed by atoms with Crippen molar-refractivity contribution in [1.82, 2.24) is 5.32 Å². The van der Waals surface area contributed by atoms with Gasteiger partial charge in [-0.25, -0.2) is 0 Å². The number of hydrogen-bond acceptors (Lipinski definition) is 3. The summed E-state index contributed by atoms with van der Waals surface area (Å²) in [5.41, 5.74) is 1.28. The first-order chi connectivity index (χ1) is 7.77. The molecule has 1 unspecified atom stereocenters. The van der Waals surface area contributed by atoms with E-state index in [1.165, 1.54) is 5.56 Å². The van der Waals surface area contributed by atoms with Crippen LogP contribution in [-0.2, 0) is 0 Å². The molecule has 0 aromatic heterocycles. The van der Waals surface area contributed by atoms with E-state index in [0.717, 1.165) is 24.7 Å². The van der Waals surface area contributed by atoms with Crippen LogP contribution in [0.25, 0.3) is 0 Å². The zero-order valence-corrected chi connectivity index (χ0v) is 11.1. The molecule has 1 atom stereocenters. The van der Waals surface area contributed by atoms with Crippen LogP contribution in [0.5, 0.6) is 5.75 Å². The van der Waals surface area contributed by atoms with Gasteiger partial charge in [0.15, 0.2) is 0 Å². The lowest BCUT2D eigenvalue weighted by Gasteiger charge is -2.14. The predicted octanol–water partition coefficient (Wildman–Crippen LogP) is 3.10. The van der Waals surface area contributed by atoms with Crippen molar-refractivity contribution in [3.8, 4) is 5.75 Å². The van der Waals surface area contributed by atoms with Crippen molar-refractivity contribution in [3.63, 3.8) is 0 Å². The molecule has 3 heteroatoms. The molecule has 1 aromatic carbocycles. The molecule has 0 saturated carbocycles. The lowest BCUT2D eigenvalue weighted by molar-refractivity contribution is 0.343. The molecule has 0 fully saturated rings. The second-order valence-corrected chi connectivity index (χ2v) is 4.68. The van der Waals surface area contributed by atoms with Crippen molar-refractivity contribution < 1.29 is 4.74 Å². The van der Waals surface area contributed by atoms with Crippen molar-refractivity contribution in [3.05, 3.63) is 29.8 Å². The van der Waals surface area contributed by atoms with Crippen LogP contribution in [0.15, 0.2) is 24.3 Å². The van der Waals surface area contributed by atoms with Crippen LogP contribution >= 0.6 is 11.8 Å². The van der Waals surface area contributed by atoms with Gasteiger partial charge in [-0.2, -0.15) is 11.8 Å². The third-order valence-corrected chi connectivity index (χ3v) is 3.00. The summed E-state index contributed by atoms with van der Waals surface area (Å²) in [6.07, 6.45) is 2.09. The zero-order chi connectivity index (χ0) is 11.8. The minimum Gasteiger partial charge on any atom is -0.493 e. The van der Waals surface area contributed by atoms with Crippen molar-refractivity contribution in [2.75, 3.05) is 25.2 Å². The lowest BCUT2D eigenvalue weighted by Crippen LogP contribution is -2.17. The maximum absolute atomic E-state index is 5.67. The average molecular weight is 239 g/mol. The Morgan fingerprint density at radius 2 is 2.25 bits per heavy atom. The molecule has 0 bridgehead atoms. The van der Waals surface area contributed by atoms with E-state index in [1.807, 2.05) is 6.07 Å². The standard InChI is InChI=1S/C13H21NOS/c1-4-14-11(2)12-6-5-7-13(10-12)15-8-9-16-3/h5-7,10-11,14H,4,8-9H2,1-3H3. The van der Waals surface area contributed by atoms with Gasteiger partial charge in [-0.05, 0) is 37.4 Å². The third-order valence-electron chi connectivity index (χ3n) is 2.42. The molecule has 0 aliphatic rings. The van der Waals surface area contributed by atoms with Gasteiger partial charge < -0.3 is 10.1 Å². The van der Waals surface area contributed by atoms with Crippen LogP contribution in [0.2, 0.25) is 0 Å². The third kappa shape index (κ3) is 4.45. The fourth-order valence-corrected chi connectivity index (χ4v) is 1.79. The van der Waals surface area contributed by atoms with Crippen LogP contribution in [-0.4, -0.2) is 25.2 Å². The maximum atomic E-state index is 5.67. The number of hydrogen-bond donors (Lipinski definition) is 1. The van der Waals surface area contributed by atoms with E-state index in [9.17, 15) is 0 Å². The van der Waals surface area contributed by atoms with Crippen molar-refractivity contribution >= 4 is 11.8 Å². The minimum atomic E-state index is 0.383.